The first-order valence-corrected chi connectivity index (χ1v) is 8.79. The molecule has 116 valence electrons. The quantitative estimate of drug-likeness (QED) is 0.620. The zero-order chi connectivity index (χ0) is 15.6. The van der Waals surface area contributed by atoms with Gasteiger partial charge in [0.1, 0.15) is 0 Å². The average Bonchev–Trinajstić information content (AvgIpc) is 2.50. The van der Waals surface area contributed by atoms with Crippen molar-refractivity contribution in [3.63, 3.8) is 0 Å². The molecule has 1 aromatic rings. The van der Waals surface area contributed by atoms with Gasteiger partial charge in [0.05, 0.1) is 17.6 Å². The highest BCUT2D eigenvalue weighted by Crippen LogP contribution is 2.21. The van der Waals surface area contributed by atoms with E-state index in [2.05, 4.69) is 4.74 Å². The Morgan fingerprint density at radius 2 is 2.00 bits per heavy atom. The van der Waals surface area contributed by atoms with Crippen LogP contribution >= 0.6 is 0 Å². The Hall–Kier alpha value is -1.62. The van der Waals surface area contributed by atoms with Crippen molar-refractivity contribution in [2.75, 3.05) is 6.61 Å². The van der Waals surface area contributed by atoms with E-state index in [1.165, 1.54) is 0 Å². The lowest BCUT2D eigenvalue weighted by Gasteiger charge is -2.16. The molecule has 21 heavy (non-hydrogen) atoms. The molecular weight excluding hydrogens is 288 g/mol. The molecular formula is C16H22O4S. The van der Waals surface area contributed by atoms with Crippen LogP contribution in [0.1, 0.15) is 31.7 Å². The van der Waals surface area contributed by atoms with Crippen LogP contribution in [0.2, 0.25) is 0 Å². The van der Waals surface area contributed by atoms with Gasteiger partial charge in [-0.2, -0.15) is 0 Å². The average molecular weight is 310 g/mol. The van der Waals surface area contributed by atoms with Crippen LogP contribution in [0.15, 0.2) is 42.5 Å². The third-order valence-electron chi connectivity index (χ3n) is 3.12. The predicted molar refractivity (Wildman–Crippen MR) is 83.5 cm³/mol. The monoisotopic (exact) mass is 310 g/mol. The van der Waals surface area contributed by atoms with Crippen LogP contribution in [0, 0.1) is 0 Å². The van der Waals surface area contributed by atoms with E-state index >= 15 is 0 Å². The second kappa shape index (κ2) is 9.34. The number of rotatable bonds is 5. The van der Waals surface area contributed by atoms with E-state index in [-0.39, 0.29) is 11.0 Å². The summed E-state index contributed by atoms with van der Waals surface area (Å²) in [6.45, 7) is 2.66. The van der Waals surface area contributed by atoms with E-state index in [0.717, 1.165) is 24.8 Å². The fourth-order valence-corrected chi connectivity index (χ4v) is 3.81. The highest BCUT2D eigenvalue weighted by Gasteiger charge is 2.24. The lowest BCUT2D eigenvalue weighted by Crippen LogP contribution is -2.22. The molecule has 0 aliphatic heterocycles. The van der Waals surface area contributed by atoms with Gasteiger partial charge in [-0.3, -0.25) is 4.79 Å². The van der Waals surface area contributed by atoms with Crippen molar-refractivity contribution in [1.29, 1.82) is 0 Å². The first-order chi connectivity index (χ1) is 10.1. The highest BCUT2D eigenvalue weighted by atomic mass is 32.2. The van der Waals surface area contributed by atoms with Gasteiger partial charge in [0.25, 0.3) is 6.47 Å². The van der Waals surface area contributed by atoms with Crippen molar-refractivity contribution < 1.29 is 17.9 Å². The van der Waals surface area contributed by atoms with Crippen LogP contribution in [-0.2, 0) is 25.1 Å². The maximum absolute atomic E-state index is 12.1. The minimum atomic E-state index is -3.02. The SMILES string of the molecule is CCOC=O.O=S(=O)(Cc1ccccc1)C1C=CCCC1. The number of hydrogen-bond acceptors (Lipinski definition) is 4. The van der Waals surface area contributed by atoms with Gasteiger partial charge in [0.2, 0.25) is 0 Å². The summed E-state index contributed by atoms with van der Waals surface area (Å²) >= 11 is 0. The fourth-order valence-electron chi connectivity index (χ4n) is 2.06. The van der Waals surface area contributed by atoms with Crippen LogP contribution in [0.4, 0.5) is 0 Å². The number of hydrogen-bond donors (Lipinski definition) is 0. The molecule has 1 aliphatic rings. The third-order valence-corrected chi connectivity index (χ3v) is 5.17. The summed E-state index contributed by atoms with van der Waals surface area (Å²) < 4.78 is 28.4. The molecule has 0 saturated carbocycles. The van der Waals surface area contributed by atoms with Gasteiger partial charge in [-0.05, 0) is 31.7 Å². The van der Waals surface area contributed by atoms with E-state index in [0.29, 0.717) is 13.1 Å². The highest BCUT2D eigenvalue weighted by molar-refractivity contribution is 7.91. The molecule has 0 radical (unpaired) electrons. The van der Waals surface area contributed by atoms with Crippen LogP contribution in [0.3, 0.4) is 0 Å². The van der Waals surface area contributed by atoms with Gasteiger partial charge in [-0.25, -0.2) is 8.42 Å². The second-order valence-corrected chi connectivity index (χ2v) is 6.96. The summed E-state index contributed by atoms with van der Waals surface area (Å²) in [5, 5.41) is -0.276. The molecule has 0 heterocycles. The van der Waals surface area contributed by atoms with Gasteiger partial charge in [0, 0.05) is 0 Å². The Balaban J connectivity index is 0.000000383. The van der Waals surface area contributed by atoms with Crippen LogP contribution in [0.25, 0.3) is 0 Å². The van der Waals surface area contributed by atoms with Crippen molar-refractivity contribution in [3.8, 4) is 0 Å². The zero-order valence-electron chi connectivity index (χ0n) is 12.3. The maximum Gasteiger partial charge on any atom is 0.293 e. The molecule has 1 atom stereocenters. The summed E-state index contributed by atoms with van der Waals surface area (Å²) in [7, 11) is -3.02. The Bertz CT molecular complexity index is 535. The van der Waals surface area contributed by atoms with E-state index in [1.54, 1.807) is 6.92 Å². The molecule has 1 aliphatic carbocycles. The standard InChI is InChI=1S/C13H16O2S.C3H6O2/c14-16(15,13-9-5-2-6-10-13)11-12-7-3-1-4-8-12;1-2-5-3-4/h1,3-5,7-9,13H,2,6,10-11H2;3H,2H2,1H3. The smallest absolute Gasteiger partial charge is 0.293 e. The number of carbonyl (C=O) groups is 1. The third kappa shape index (κ3) is 6.58. The first-order valence-electron chi connectivity index (χ1n) is 7.07. The first kappa shape index (κ1) is 17.4. The normalized spacial score (nSPS) is 17.5. The molecule has 2 rings (SSSR count). The lowest BCUT2D eigenvalue weighted by atomic mass is 10.1. The zero-order valence-corrected chi connectivity index (χ0v) is 13.1. The molecule has 4 nitrogen and oxygen atoms in total. The molecule has 0 fully saturated rings. The molecule has 0 amide bonds. The minimum absolute atomic E-state index is 0.156. The van der Waals surface area contributed by atoms with Crippen molar-refractivity contribution >= 4 is 16.3 Å². The van der Waals surface area contributed by atoms with Gasteiger partial charge < -0.3 is 4.74 Å². The Labute approximate surface area is 126 Å². The van der Waals surface area contributed by atoms with Crippen molar-refractivity contribution in [2.45, 2.75) is 37.2 Å². The van der Waals surface area contributed by atoms with Crippen LogP contribution < -0.4 is 0 Å². The fraction of sp³-hybridized carbons (Fsp3) is 0.438. The van der Waals surface area contributed by atoms with E-state index < -0.39 is 9.84 Å². The van der Waals surface area contributed by atoms with Gasteiger partial charge >= 0.3 is 0 Å². The van der Waals surface area contributed by atoms with E-state index in [1.807, 2.05) is 42.5 Å². The summed E-state index contributed by atoms with van der Waals surface area (Å²) in [6, 6.07) is 9.38. The number of allylic oxidation sites excluding steroid dienone is 1. The topological polar surface area (TPSA) is 60.4 Å². The second-order valence-electron chi connectivity index (χ2n) is 4.74. The maximum atomic E-state index is 12.1. The minimum Gasteiger partial charge on any atom is -0.468 e. The Morgan fingerprint density at radius 3 is 2.48 bits per heavy atom. The molecule has 0 spiro atoms. The van der Waals surface area contributed by atoms with Gasteiger partial charge in [-0.15, -0.1) is 0 Å². The summed E-state index contributed by atoms with van der Waals surface area (Å²) in [4.78, 5) is 9.18. The molecule has 0 N–H and O–H groups in total. The van der Waals surface area contributed by atoms with Crippen molar-refractivity contribution in [1.82, 2.24) is 0 Å². The largest absolute Gasteiger partial charge is 0.468 e. The predicted octanol–water partition coefficient (Wildman–Crippen LogP) is 2.89. The molecule has 0 aromatic heterocycles. The molecule has 0 bridgehead atoms. The lowest BCUT2D eigenvalue weighted by molar-refractivity contribution is -0.128. The van der Waals surface area contributed by atoms with E-state index in [4.69, 9.17) is 0 Å². The summed E-state index contributed by atoms with van der Waals surface area (Å²) in [5.74, 6) is 0.156. The number of benzene rings is 1. The number of carbonyl (C=O) groups excluding carboxylic acids is 1. The van der Waals surface area contributed by atoms with Crippen molar-refractivity contribution in [2.24, 2.45) is 0 Å². The molecule has 1 aromatic carbocycles. The molecule has 1 unspecified atom stereocenters. The molecule has 0 saturated heterocycles. The number of ether oxygens (including phenoxy) is 1. The summed E-state index contributed by atoms with van der Waals surface area (Å²) in [6.07, 6.45) is 6.59. The van der Waals surface area contributed by atoms with Crippen LogP contribution in [-0.4, -0.2) is 26.7 Å². The Kier molecular flexibility index (Phi) is 7.75. The van der Waals surface area contributed by atoms with Gasteiger partial charge in [-0.1, -0.05) is 42.5 Å². The molecule has 5 heteroatoms. The van der Waals surface area contributed by atoms with Crippen LogP contribution in [0.5, 0.6) is 0 Å². The van der Waals surface area contributed by atoms with E-state index in [9.17, 15) is 13.2 Å². The summed E-state index contributed by atoms with van der Waals surface area (Å²) in [5.41, 5.74) is 0.876. The number of sulfone groups is 1. The van der Waals surface area contributed by atoms with Crippen molar-refractivity contribution in [3.05, 3.63) is 48.0 Å². The Morgan fingerprint density at radius 1 is 1.29 bits per heavy atom. The van der Waals surface area contributed by atoms with Gasteiger partial charge in [0.15, 0.2) is 9.84 Å².